The lowest BCUT2D eigenvalue weighted by atomic mass is 9.76. The van der Waals surface area contributed by atoms with Crippen LogP contribution in [0.4, 0.5) is 5.82 Å². The third kappa shape index (κ3) is 5.10. The van der Waals surface area contributed by atoms with E-state index in [0.29, 0.717) is 35.2 Å². The summed E-state index contributed by atoms with van der Waals surface area (Å²) in [5, 5.41) is 32.6. The Morgan fingerprint density at radius 2 is 1.88 bits per heavy atom. The molecule has 1 aliphatic carbocycles. The van der Waals surface area contributed by atoms with Gasteiger partial charge in [-0.15, -0.1) is 0 Å². The maximum absolute atomic E-state index is 10.9. The molecule has 1 aliphatic heterocycles. The standard InChI is InChI=1S/C30H42N8O4/c1-15(2)37(12-20-25(40)26(41)29(42-20)38-14-34-23-27(31)32-13-33-28(23)38)17-10-16(11-17)6-9-21-35-19-8-7-18(30(3,4)5)24(39)22(19)36-21/h7-8,13-17,20,25-26,29,39-41H,6,9-12H2,1-5H3,(H,35,36)(H2,31,32,33)/t16-,17-,20-,25-,26-,29-/m1/s1. The molecule has 2 fully saturated rings. The van der Waals surface area contributed by atoms with Crippen LogP contribution in [0.2, 0.25) is 0 Å². The van der Waals surface area contributed by atoms with Gasteiger partial charge in [0.2, 0.25) is 0 Å². The first-order valence-corrected chi connectivity index (χ1v) is 14.8. The van der Waals surface area contributed by atoms with Gasteiger partial charge >= 0.3 is 0 Å². The Hall–Kier alpha value is -3.32. The second-order valence-electron chi connectivity index (χ2n) is 13.2. The number of nitrogens with two attached hydrogens (primary N) is 1. The fourth-order valence-electron chi connectivity index (χ4n) is 6.54. The van der Waals surface area contributed by atoms with Gasteiger partial charge in [-0.25, -0.2) is 19.9 Å². The van der Waals surface area contributed by atoms with E-state index in [1.165, 1.54) is 12.7 Å². The molecule has 0 spiro atoms. The van der Waals surface area contributed by atoms with E-state index in [0.717, 1.165) is 42.6 Å². The summed E-state index contributed by atoms with van der Waals surface area (Å²) in [5.41, 5.74) is 9.06. The van der Waals surface area contributed by atoms with E-state index in [-0.39, 0.29) is 23.0 Å². The van der Waals surface area contributed by atoms with Gasteiger partial charge in [-0.2, -0.15) is 0 Å². The zero-order valence-corrected chi connectivity index (χ0v) is 24.9. The van der Waals surface area contributed by atoms with Crippen molar-refractivity contribution in [1.82, 2.24) is 34.4 Å². The molecule has 1 aromatic carbocycles. The number of fused-ring (bicyclic) bond motifs is 2. The zero-order valence-electron chi connectivity index (χ0n) is 24.9. The molecule has 12 nitrogen and oxygen atoms in total. The van der Waals surface area contributed by atoms with E-state index in [1.54, 1.807) is 4.57 Å². The number of aromatic hydroxyl groups is 1. The summed E-state index contributed by atoms with van der Waals surface area (Å²) in [6, 6.07) is 4.61. The number of rotatable bonds is 8. The van der Waals surface area contributed by atoms with Crippen LogP contribution in [0.3, 0.4) is 0 Å². The summed E-state index contributed by atoms with van der Waals surface area (Å²) in [5.74, 6) is 1.98. The molecule has 2 aliphatic rings. The number of anilines is 1. The van der Waals surface area contributed by atoms with Gasteiger partial charge in [0.15, 0.2) is 17.7 Å². The Balaban J connectivity index is 1.07. The van der Waals surface area contributed by atoms with Crippen molar-refractivity contribution in [3.05, 3.63) is 36.2 Å². The molecule has 4 heterocycles. The van der Waals surface area contributed by atoms with Crippen molar-refractivity contribution in [2.24, 2.45) is 5.92 Å². The summed E-state index contributed by atoms with van der Waals surface area (Å²) < 4.78 is 7.84. The molecule has 226 valence electrons. The number of ether oxygens (including phenoxy) is 1. The summed E-state index contributed by atoms with van der Waals surface area (Å²) in [6.07, 6.45) is 3.23. The maximum atomic E-state index is 10.9. The Morgan fingerprint density at radius 3 is 2.60 bits per heavy atom. The average molecular weight is 579 g/mol. The third-order valence-corrected chi connectivity index (χ3v) is 9.01. The van der Waals surface area contributed by atoms with Crippen LogP contribution in [0.25, 0.3) is 22.2 Å². The summed E-state index contributed by atoms with van der Waals surface area (Å²) >= 11 is 0. The number of H-pyrrole nitrogens is 1. The minimum absolute atomic E-state index is 0.156. The molecule has 0 radical (unpaired) electrons. The van der Waals surface area contributed by atoms with E-state index >= 15 is 0 Å². The topological polar surface area (TPSA) is 171 Å². The highest BCUT2D eigenvalue weighted by molar-refractivity contribution is 5.83. The molecule has 0 amide bonds. The molecule has 1 saturated carbocycles. The number of nitrogens with zero attached hydrogens (tertiary/aromatic N) is 6. The molecule has 42 heavy (non-hydrogen) atoms. The zero-order chi connectivity index (χ0) is 29.9. The monoisotopic (exact) mass is 578 g/mol. The molecule has 4 aromatic rings. The molecule has 3 aromatic heterocycles. The van der Waals surface area contributed by atoms with Gasteiger partial charge < -0.3 is 30.8 Å². The highest BCUT2D eigenvalue weighted by atomic mass is 16.6. The second kappa shape index (κ2) is 10.7. The van der Waals surface area contributed by atoms with E-state index in [2.05, 4.69) is 59.5 Å². The largest absolute Gasteiger partial charge is 0.505 e. The van der Waals surface area contributed by atoms with Crippen molar-refractivity contribution in [3.8, 4) is 5.75 Å². The first-order chi connectivity index (χ1) is 19.9. The van der Waals surface area contributed by atoms with Gasteiger partial charge in [-0.1, -0.05) is 26.8 Å². The lowest BCUT2D eigenvalue weighted by Gasteiger charge is -2.46. The second-order valence-corrected chi connectivity index (χ2v) is 13.2. The van der Waals surface area contributed by atoms with Crippen molar-refractivity contribution in [3.63, 3.8) is 0 Å². The predicted molar refractivity (Wildman–Crippen MR) is 159 cm³/mol. The number of phenolic OH excluding ortho intramolecular Hbond substituents is 1. The number of aryl methyl sites for hydroxylation is 1. The molecule has 12 heteroatoms. The quantitative estimate of drug-likeness (QED) is 0.209. The van der Waals surface area contributed by atoms with Gasteiger partial charge in [-0.3, -0.25) is 9.47 Å². The van der Waals surface area contributed by atoms with Gasteiger partial charge in [0.1, 0.15) is 47.2 Å². The number of aromatic nitrogens is 6. The van der Waals surface area contributed by atoms with Crippen molar-refractivity contribution in [1.29, 1.82) is 0 Å². The predicted octanol–water partition coefficient (Wildman–Crippen LogP) is 3.03. The van der Waals surface area contributed by atoms with Gasteiger partial charge in [0, 0.05) is 30.6 Å². The Bertz CT molecular complexity index is 1570. The lowest BCUT2D eigenvalue weighted by Crippen LogP contribution is -2.52. The van der Waals surface area contributed by atoms with Gasteiger partial charge in [0.05, 0.1) is 11.8 Å². The van der Waals surface area contributed by atoms with Gasteiger partial charge in [-0.05, 0) is 50.5 Å². The Labute approximate surface area is 245 Å². The van der Waals surface area contributed by atoms with Crippen LogP contribution < -0.4 is 5.73 Å². The molecular formula is C30H42N8O4. The SMILES string of the molecule is CC(C)N(C[C@H]1O[C@@H](n2cnc3c(N)ncnc32)[C@H](O)[C@@H]1O)[C@H]1C[C@H](CCc2nc3c(O)c(C(C)(C)C)ccc3[nH]2)C1. The molecule has 6 N–H and O–H groups in total. The van der Waals surface area contributed by atoms with E-state index in [9.17, 15) is 15.3 Å². The van der Waals surface area contributed by atoms with Crippen LogP contribution >= 0.6 is 0 Å². The lowest BCUT2D eigenvalue weighted by molar-refractivity contribution is -0.0620. The average Bonchev–Trinajstić information content (AvgIpc) is 3.59. The fraction of sp³-hybridized carbons (Fsp3) is 0.600. The number of benzene rings is 1. The van der Waals surface area contributed by atoms with E-state index < -0.39 is 24.5 Å². The first-order valence-electron chi connectivity index (χ1n) is 14.8. The highest BCUT2D eigenvalue weighted by Crippen LogP contribution is 2.39. The van der Waals surface area contributed by atoms with Crippen molar-refractivity contribution < 1.29 is 20.1 Å². The van der Waals surface area contributed by atoms with Crippen molar-refractivity contribution in [2.45, 2.75) is 102 Å². The number of nitrogen functional groups attached to an aromatic ring is 1. The minimum Gasteiger partial charge on any atom is -0.505 e. The molecule has 1 saturated heterocycles. The smallest absolute Gasteiger partial charge is 0.167 e. The molecule has 4 atom stereocenters. The van der Waals surface area contributed by atoms with Gasteiger partial charge in [0.25, 0.3) is 0 Å². The van der Waals surface area contributed by atoms with Crippen molar-refractivity contribution in [2.75, 3.05) is 12.3 Å². The normalized spacial score (nSPS) is 26.6. The number of hydrogen-bond acceptors (Lipinski definition) is 10. The highest BCUT2D eigenvalue weighted by Gasteiger charge is 2.46. The minimum atomic E-state index is -1.13. The number of aliphatic hydroxyl groups excluding tert-OH is 2. The number of aliphatic hydroxyl groups is 2. The number of hydrogen-bond donors (Lipinski definition) is 5. The maximum Gasteiger partial charge on any atom is 0.167 e. The molecule has 0 bridgehead atoms. The van der Waals surface area contributed by atoms with Crippen LogP contribution in [-0.2, 0) is 16.6 Å². The van der Waals surface area contributed by atoms with Crippen LogP contribution in [0.15, 0.2) is 24.8 Å². The summed E-state index contributed by atoms with van der Waals surface area (Å²) in [7, 11) is 0. The van der Waals surface area contributed by atoms with E-state index in [1.807, 2.05) is 12.1 Å². The summed E-state index contributed by atoms with van der Waals surface area (Å²) in [4.78, 5) is 23.0. The van der Waals surface area contributed by atoms with Crippen LogP contribution in [-0.4, -0.2) is 86.6 Å². The first kappa shape index (κ1) is 28.8. The number of aromatic amines is 1. The Morgan fingerprint density at radius 1 is 1.12 bits per heavy atom. The van der Waals surface area contributed by atoms with E-state index in [4.69, 9.17) is 15.5 Å². The summed E-state index contributed by atoms with van der Waals surface area (Å²) in [6.45, 7) is 11.1. The molecular weight excluding hydrogens is 536 g/mol. The van der Waals surface area contributed by atoms with Crippen molar-refractivity contribution >= 4 is 28.0 Å². The number of nitrogens with one attached hydrogen (secondary N) is 1. The van der Waals surface area contributed by atoms with Crippen LogP contribution in [0.5, 0.6) is 5.75 Å². The molecule has 6 rings (SSSR count). The fourth-order valence-corrected chi connectivity index (χ4v) is 6.54. The van der Waals surface area contributed by atoms with Crippen LogP contribution in [0, 0.1) is 5.92 Å². The Kier molecular flexibility index (Phi) is 7.37. The molecule has 0 unspecified atom stereocenters. The van der Waals surface area contributed by atoms with Crippen LogP contribution in [0.1, 0.15) is 71.5 Å². The number of imidazole rings is 2. The number of phenols is 1. The third-order valence-electron chi connectivity index (χ3n) is 9.01.